The second-order valence-corrected chi connectivity index (χ2v) is 5.34. The molecule has 2 aromatic rings. The lowest BCUT2D eigenvalue weighted by Gasteiger charge is -2.11. The molecule has 0 bridgehead atoms. The van der Waals surface area contributed by atoms with E-state index in [0.717, 1.165) is 19.4 Å². The smallest absolute Gasteiger partial charge is 0.247 e. The summed E-state index contributed by atoms with van der Waals surface area (Å²) in [6, 6.07) is 4.78. The van der Waals surface area contributed by atoms with Crippen LogP contribution in [0.15, 0.2) is 27.1 Å². The van der Waals surface area contributed by atoms with E-state index < -0.39 is 0 Å². The Morgan fingerprint density at radius 3 is 2.80 bits per heavy atom. The molecule has 0 spiro atoms. The predicted octanol–water partition coefficient (Wildman–Crippen LogP) is 4.09. The third-order valence-electron chi connectivity index (χ3n) is 2.95. The molecule has 0 saturated heterocycles. The van der Waals surface area contributed by atoms with Gasteiger partial charge >= 0.3 is 0 Å². The minimum Gasteiger partial charge on any atom is -0.419 e. The molecule has 0 saturated carbocycles. The van der Waals surface area contributed by atoms with Crippen LogP contribution in [0, 0.1) is 5.82 Å². The van der Waals surface area contributed by atoms with Crippen LogP contribution in [0.1, 0.15) is 38.6 Å². The van der Waals surface area contributed by atoms with Gasteiger partial charge in [-0.3, -0.25) is 0 Å². The van der Waals surface area contributed by atoms with Crippen molar-refractivity contribution in [2.45, 2.75) is 32.7 Å². The third-order valence-corrected chi connectivity index (χ3v) is 3.60. The van der Waals surface area contributed by atoms with Gasteiger partial charge in [-0.1, -0.05) is 13.8 Å². The highest BCUT2D eigenvalue weighted by Gasteiger charge is 2.17. The number of halogens is 2. The SMILES string of the molecule is CCCNC(CC)c1nnc(-c2ccc(Br)c(F)c2)o1. The Balaban J connectivity index is 2.20. The number of nitrogens with zero attached hydrogens (tertiary/aromatic N) is 2. The molecule has 4 nitrogen and oxygen atoms in total. The molecule has 1 N–H and O–H groups in total. The zero-order valence-corrected chi connectivity index (χ0v) is 13.1. The molecule has 1 unspecified atom stereocenters. The van der Waals surface area contributed by atoms with Crippen molar-refractivity contribution in [2.75, 3.05) is 6.54 Å². The molecular formula is C14H17BrFN3O. The Hall–Kier alpha value is -1.27. The van der Waals surface area contributed by atoms with Crippen molar-refractivity contribution >= 4 is 15.9 Å². The maximum Gasteiger partial charge on any atom is 0.247 e. The molecule has 1 atom stereocenters. The van der Waals surface area contributed by atoms with E-state index in [-0.39, 0.29) is 11.9 Å². The summed E-state index contributed by atoms with van der Waals surface area (Å²) in [4.78, 5) is 0. The Labute approximate surface area is 125 Å². The first-order valence-corrected chi connectivity index (χ1v) is 7.47. The van der Waals surface area contributed by atoms with Crippen LogP contribution in [0.5, 0.6) is 0 Å². The van der Waals surface area contributed by atoms with Crippen molar-refractivity contribution in [2.24, 2.45) is 0 Å². The highest BCUT2D eigenvalue weighted by atomic mass is 79.9. The average molecular weight is 342 g/mol. The molecule has 6 heteroatoms. The van der Waals surface area contributed by atoms with Crippen LogP contribution in [-0.4, -0.2) is 16.7 Å². The topological polar surface area (TPSA) is 51.0 Å². The molecular weight excluding hydrogens is 325 g/mol. The molecule has 0 amide bonds. The number of hydrogen-bond acceptors (Lipinski definition) is 4. The lowest BCUT2D eigenvalue weighted by atomic mass is 10.2. The van der Waals surface area contributed by atoms with E-state index in [1.807, 2.05) is 0 Å². The number of nitrogens with one attached hydrogen (secondary N) is 1. The van der Waals surface area contributed by atoms with Crippen LogP contribution in [0.3, 0.4) is 0 Å². The van der Waals surface area contributed by atoms with Crippen LogP contribution in [-0.2, 0) is 0 Å². The molecule has 0 aliphatic rings. The van der Waals surface area contributed by atoms with Crippen molar-refractivity contribution in [1.29, 1.82) is 0 Å². The molecule has 2 rings (SSSR count). The van der Waals surface area contributed by atoms with Crippen LogP contribution >= 0.6 is 15.9 Å². The Morgan fingerprint density at radius 1 is 1.35 bits per heavy atom. The van der Waals surface area contributed by atoms with Crippen molar-refractivity contribution in [3.05, 3.63) is 34.4 Å². The average Bonchev–Trinajstić information content (AvgIpc) is 2.92. The van der Waals surface area contributed by atoms with E-state index in [1.54, 1.807) is 12.1 Å². The van der Waals surface area contributed by atoms with Gasteiger partial charge in [0.25, 0.3) is 0 Å². The highest BCUT2D eigenvalue weighted by molar-refractivity contribution is 9.10. The monoisotopic (exact) mass is 341 g/mol. The summed E-state index contributed by atoms with van der Waals surface area (Å²) in [5.41, 5.74) is 0.579. The molecule has 0 aliphatic heterocycles. The van der Waals surface area contributed by atoms with E-state index in [9.17, 15) is 4.39 Å². The van der Waals surface area contributed by atoms with Gasteiger partial charge in [0.1, 0.15) is 5.82 Å². The standard InChI is InChI=1S/C14H17BrFN3O/c1-3-7-17-12(4-2)14-19-18-13(20-14)9-5-6-10(15)11(16)8-9/h5-6,8,12,17H,3-4,7H2,1-2H3. The van der Waals surface area contributed by atoms with Crippen molar-refractivity contribution in [1.82, 2.24) is 15.5 Å². The Bertz CT molecular complexity index is 573. The summed E-state index contributed by atoms with van der Waals surface area (Å²) in [5.74, 6) is 0.529. The summed E-state index contributed by atoms with van der Waals surface area (Å²) in [6.07, 6.45) is 1.89. The van der Waals surface area contributed by atoms with Gasteiger partial charge in [-0.15, -0.1) is 10.2 Å². The van der Waals surface area contributed by atoms with Crippen molar-refractivity contribution in [3.8, 4) is 11.5 Å². The minimum absolute atomic E-state index is 0.0384. The second kappa shape index (κ2) is 6.95. The molecule has 0 aliphatic carbocycles. The number of aromatic nitrogens is 2. The van der Waals surface area contributed by atoms with Crippen LogP contribution in [0.25, 0.3) is 11.5 Å². The fourth-order valence-electron chi connectivity index (χ4n) is 1.85. The molecule has 0 fully saturated rings. The largest absolute Gasteiger partial charge is 0.419 e. The maximum atomic E-state index is 13.5. The second-order valence-electron chi connectivity index (χ2n) is 4.49. The van der Waals surface area contributed by atoms with Crippen LogP contribution < -0.4 is 5.32 Å². The summed E-state index contributed by atoms with van der Waals surface area (Å²) in [7, 11) is 0. The number of benzene rings is 1. The van der Waals surface area contributed by atoms with E-state index in [1.165, 1.54) is 6.07 Å². The van der Waals surface area contributed by atoms with E-state index in [0.29, 0.717) is 21.8 Å². The fraction of sp³-hybridized carbons (Fsp3) is 0.429. The minimum atomic E-state index is -0.349. The first-order chi connectivity index (χ1) is 9.65. The van der Waals surface area contributed by atoms with Crippen molar-refractivity contribution < 1.29 is 8.81 Å². The Kier molecular flexibility index (Phi) is 5.25. The fourth-order valence-corrected chi connectivity index (χ4v) is 2.09. The number of hydrogen-bond donors (Lipinski definition) is 1. The van der Waals surface area contributed by atoms with Crippen molar-refractivity contribution in [3.63, 3.8) is 0 Å². The summed E-state index contributed by atoms with van der Waals surface area (Å²) >= 11 is 3.12. The third kappa shape index (κ3) is 3.43. The molecule has 20 heavy (non-hydrogen) atoms. The van der Waals surface area contributed by atoms with Crippen LogP contribution in [0.4, 0.5) is 4.39 Å². The first kappa shape index (κ1) is 15.1. The van der Waals surface area contributed by atoms with Gasteiger partial charge in [-0.25, -0.2) is 4.39 Å². The number of rotatable bonds is 6. The highest BCUT2D eigenvalue weighted by Crippen LogP contribution is 2.25. The van der Waals surface area contributed by atoms with Gasteiger partial charge in [-0.05, 0) is 53.5 Å². The lowest BCUT2D eigenvalue weighted by Crippen LogP contribution is -2.21. The van der Waals surface area contributed by atoms with E-state index >= 15 is 0 Å². The van der Waals surface area contributed by atoms with Crippen LogP contribution in [0.2, 0.25) is 0 Å². The van der Waals surface area contributed by atoms with Gasteiger partial charge in [0, 0.05) is 5.56 Å². The van der Waals surface area contributed by atoms with Gasteiger partial charge in [0.05, 0.1) is 10.5 Å². The van der Waals surface area contributed by atoms with Gasteiger partial charge in [-0.2, -0.15) is 0 Å². The summed E-state index contributed by atoms with van der Waals surface area (Å²) in [5, 5.41) is 11.4. The van der Waals surface area contributed by atoms with Gasteiger partial charge in [0.15, 0.2) is 0 Å². The molecule has 1 heterocycles. The first-order valence-electron chi connectivity index (χ1n) is 6.67. The zero-order valence-electron chi connectivity index (χ0n) is 11.5. The van der Waals surface area contributed by atoms with E-state index in [4.69, 9.17) is 4.42 Å². The van der Waals surface area contributed by atoms with Gasteiger partial charge in [0.2, 0.25) is 11.8 Å². The van der Waals surface area contributed by atoms with Gasteiger partial charge < -0.3 is 9.73 Å². The summed E-state index contributed by atoms with van der Waals surface area (Å²) < 4.78 is 19.6. The quantitative estimate of drug-likeness (QED) is 0.859. The lowest BCUT2D eigenvalue weighted by molar-refractivity contribution is 0.396. The summed E-state index contributed by atoms with van der Waals surface area (Å²) in [6.45, 7) is 5.04. The van der Waals surface area contributed by atoms with E-state index in [2.05, 4.69) is 45.3 Å². The molecule has 1 aromatic heterocycles. The maximum absolute atomic E-state index is 13.5. The Morgan fingerprint density at radius 2 is 2.15 bits per heavy atom. The zero-order chi connectivity index (χ0) is 14.5. The normalized spacial score (nSPS) is 12.6. The molecule has 1 aromatic carbocycles. The molecule has 108 valence electrons. The molecule has 0 radical (unpaired) electrons. The predicted molar refractivity (Wildman–Crippen MR) is 78.7 cm³/mol.